The highest BCUT2D eigenvalue weighted by molar-refractivity contribution is 7.91. The molecule has 4 rings (SSSR count). The van der Waals surface area contributed by atoms with Gasteiger partial charge in [-0.15, -0.1) is 23.7 Å². The first-order valence-corrected chi connectivity index (χ1v) is 11.4. The number of hydrogen-bond acceptors (Lipinski definition) is 6. The topological polar surface area (TPSA) is 75.5 Å². The van der Waals surface area contributed by atoms with Gasteiger partial charge in [0.2, 0.25) is 0 Å². The van der Waals surface area contributed by atoms with Gasteiger partial charge >= 0.3 is 0 Å². The molecule has 0 spiro atoms. The Morgan fingerprint density at radius 1 is 1.14 bits per heavy atom. The molecule has 0 atom stereocenters. The third-order valence-electron chi connectivity index (χ3n) is 4.86. The number of para-hydroxylation sites is 1. The van der Waals surface area contributed by atoms with Crippen LogP contribution in [0.1, 0.15) is 5.82 Å². The summed E-state index contributed by atoms with van der Waals surface area (Å²) in [5.74, 6) is 0.455. The van der Waals surface area contributed by atoms with E-state index in [0.29, 0.717) is 47.5 Å². The van der Waals surface area contributed by atoms with Crippen molar-refractivity contribution in [2.75, 3.05) is 33.2 Å². The van der Waals surface area contributed by atoms with Crippen molar-refractivity contribution in [3.8, 4) is 5.69 Å². The summed E-state index contributed by atoms with van der Waals surface area (Å²) in [6.45, 7) is 3.94. The Balaban J connectivity index is 0.00000240. The summed E-state index contributed by atoms with van der Waals surface area (Å²) in [6, 6.07) is 8.44. The minimum atomic E-state index is -3.65. The van der Waals surface area contributed by atoms with Crippen LogP contribution in [0.3, 0.4) is 0 Å². The minimum Gasteiger partial charge on any atom is -0.304 e. The maximum Gasteiger partial charge on any atom is 0.266 e. The summed E-state index contributed by atoms with van der Waals surface area (Å²) < 4.78 is 29.1. The Bertz CT molecular complexity index is 1220. The van der Waals surface area contributed by atoms with Crippen molar-refractivity contribution in [3.63, 3.8) is 0 Å². The highest BCUT2D eigenvalue weighted by atomic mass is 35.5. The van der Waals surface area contributed by atoms with Crippen molar-refractivity contribution in [1.29, 1.82) is 0 Å². The van der Waals surface area contributed by atoms with Gasteiger partial charge in [0, 0.05) is 26.2 Å². The Hall–Kier alpha value is -1.49. The first kappa shape index (κ1) is 22.2. The Kier molecular flexibility index (Phi) is 6.38. The van der Waals surface area contributed by atoms with E-state index in [1.54, 1.807) is 31.2 Å². The van der Waals surface area contributed by atoms with Gasteiger partial charge in [-0.1, -0.05) is 23.7 Å². The van der Waals surface area contributed by atoms with Gasteiger partial charge in [-0.2, -0.15) is 4.31 Å². The van der Waals surface area contributed by atoms with Gasteiger partial charge in [0.25, 0.3) is 15.6 Å². The summed E-state index contributed by atoms with van der Waals surface area (Å²) in [7, 11) is -1.69. The van der Waals surface area contributed by atoms with E-state index in [9.17, 15) is 13.2 Å². The number of aryl methyl sites for hydroxylation is 1. The van der Waals surface area contributed by atoms with Gasteiger partial charge < -0.3 is 4.90 Å². The second-order valence-corrected chi connectivity index (χ2v) is 10.3. The van der Waals surface area contributed by atoms with Crippen LogP contribution in [0.15, 0.2) is 39.3 Å². The van der Waals surface area contributed by atoms with Gasteiger partial charge in [-0.3, -0.25) is 9.36 Å². The molecule has 11 heteroatoms. The van der Waals surface area contributed by atoms with Crippen LogP contribution in [0, 0.1) is 6.92 Å². The second kappa shape index (κ2) is 8.33. The average Bonchev–Trinajstić information content (AvgIpc) is 3.09. The number of fused-ring (bicyclic) bond motifs is 1. The molecule has 1 fully saturated rings. The van der Waals surface area contributed by atoms with Crippen LogP contribution in [0.4, 0.5) is 0 Å². The van der Waals surface area contributed by atoms with E-state index in [1.165, 1.54) is 14.9 Å². The number of nitrogens with zero attached hydrogens (tertiary/aromatic N) is 4. The normalized spacial score (nSPS) is 16.1. The molecule has 0 aliphatic carbocycles. The molecule has 2 aromatic heterocycles. The second-order valence-electron chi connectivity index (χ2n) is 6.74. The summed E-state index contributed by atoms with van der Waals surface area (Å²) in [6.07, 6.45) is 0. The molecule has 1 aromatic carbocycles. The summed E-state index contributed by atoms with van der Waals surface area (Å²) >= 11 is 7.29. The van der Waals surface area contributed by atoms with Crippen LogP contribution in [0.5, 0.6) is 0 Å². The first-order chi connectivity index (χ1) is 13.3. The van der Waals surface area contributed by atoms with Crippen molar-refractivity contribution >= 4 is 55.6 Å². The van der Waals surface area contributed by atoms with Crippen LogP contribution >= 0.6 is 35.3 Å². The molecule has 1 saturated heterocycles. The van der Waals surface area contributed by atoms with Gasteiger partial charge in [-0.25, -0.2) is 13.4 Å². The maximum atomic E-state index is 13.1. The molecule has 29 heavy (non-hydrogen) atoms. The molecule has 3 heterocycles. The number of halogens is 2. The van der Waals surface area contributed by atoms with E-state index in [4.69, 9.17) is 11.6 Å². The fourth-order valence-electron chi connectivity index (χ4n) is 3.26. The predicted octanol–water partition coefficient (Wildman–Crippen LogP) is 2.77. The average molecular weight is 475 g/mol. The molecule has 0 bridgehead atoms. The number of aromatic nitrogens is 2. The SMILES string of the molecule is Cc1nc2sc(S(=O)(=O)N3CCN(C)CC3)cc2c(=O)n1-c1ccccc1Cl.Cl. The summed E-state index contributed by atoms with van der Waals surface area (Å²) in [5.41, 5.74) is 0.197. The van der Waals surface area contributed by atoms with Gasteiger partial charge in [-0.05, 0) is 32.2 Å². The molecule has 0 amide bonds. The zero-order valence-corrected chi connectivity index (χ0v) is 19.0. The molecule has 1 aliphatic heterocycles. The molecule has 156 valence electrons. The molecule has 0 unspecified atom stereocenters. The van der Waals surface area contributed by atoms with E-state index < -0.39 is 10.0 Å². The minimum absolute atomic E-state index is 0. The highest BCUT2D eigenvalue weighted by Gasteiger charge is 2.30. The Morgan fingerprint density at radius 3 is 2.45 bits per heavy atom. The molecule has 0 saturated carbocycles. The van der Waals surface area contributed by atoms with E-state index >= 15 is 0 Å². The van der Waals surface area contributed by atoms with E-state index in [1.807, 2.05) is 7.05 Å². The third kappa shape index (κ3) is 3.95. The van der Waals surface area contributed by atoms with E-state index in [0.717, 1.165) is 11.3 Å². The third-order valence-corrected chi connectivity index (χ3v) is 8.56. The van der Waals surface area contributed by atoms with Crippen LogP contribution in [-0.4, -0.2) is 60.4 Å². The van der Waals surface area contributed by atoms with E-state index in [-0.39, 0.29) is 27.6 Å². The van der Waals surface area contributed by atoms with Crippen molar-refractivity contribution in [1.82, 2.24) is 18.8 Å². The highest BCUT2D eigenvalue weighted by Crippen LogP contribution is 2.30. The smallest absolute Gasteiger partial charge is 0.266 e. The fourth-order valence-corrected chi connectivity index (χ4v) is 6.42. The van der Waals surface area contributed by atoms with Crippen molar-refractivity contribution in [3.05, 3.63) is 51.5 Å². The molecule has 1 aliphatic rings. The molecule has 7 nitrogen and oxygen atoms in total. The van der Waals surface area contributed by atoms with Crippen molar-refractivity contribution in [2.45, 2.75) is 11.1 Å². The van der Waals surface area contributed by atoms with E-state index in [2.05, 4.69) is 9.88 Å². The molecule has 0 radical (unpaired) electrons. The van der Waals surface area contributed by atoms with Crippen LogP contribution in [-0.2, 0) is 10.0 Å². The summed E-state index contributed by atoms with van der Waals surface area (Å²) in [5, 5.41) is 0.706. The zero-order valence-electron chi connectivity index (χ0n) is 15.8. The number of piperazine rings is 1. The Labute approximate surface area is 184 Å². The fraction of sp³-hybridized carbons (Fsp3) is 0.333. The quantitative estimate of drug-likeness (QED) is 0.583. The van der Waals surface area contributed by atoms with Gasteiger partial charge in [0.1, 0.15) is 14.9 Å². The van der Waals surface area contributed by atoms with Gasteiger partial charge in [0.05, 0.1) is 16.1 Å². The lowest BCUT2D eigenvalue weighted by Gasteiger charge is -2.31. The van der Waals surface area contributed by atoms with Crippen molar-refractivity contribution < 1.29 is 8.42 Å². The van der Waals surface area contributed by atoms with Crippen LogP contribution in [0.2, 0.25) is 5.02 Å². The lowest BCUT2D eigenvalue weighted by Crippen LogP contribution is -2.46. The number of thiophene rings is 1. The predicted molar refractivity (Wildman–Crippen MR) is 118 cm³/mol. The standard InChI is InChI=1S/C18H19ClN4O3S2.ClH/c1-12-20-17-13(18(24)23(12)15-6-4-3-5-14(15)19)11-16(27-17)28(25,26)22-9-7-21(2)8-10-22;/h3-6,11H,7-10H2,1-2H3;1H. The maximum absolute atomic E-state index is 13.1. The molecular formula is C18H20Cl2N4O3S2. The number of benzene rings is 1. The number of sulfonamides is 1. The largest absolute Gasteiger partial charge is 0.304 e. The lowest BCUT2D eigenvalue weighted by molar-refractivity contribution is 0.222. The van der Waals surface area contributed by atoms with Crippen molar-refractivity contribution in [2.24, 2.45) is 0 Å². The van der Waals surface area contributed by atoms with Gasteiger partial charge in [0.15, 0.2) is 0 Å². The number of rotatable bonds is 3. The van der Waals surface area contributed by atoms with Crippen LogP contribution < -0.4 is 5.56 Å². The number of likely N-dealkylation sites (N-methyl/N-ethyl adjacent to an activating group) is 1. The number of hydrogen-bond donors (Lipinski definition) is 0. The molecular weight excluding hydrogens is 455 g/mol. The Morgan fingerprint density at radius 2 is 1.79 bits per heavy atom. The monoisotopic (exact) mass is 474 g/mol. The molecule has 3 aromatic rings. The van der Waals surface area contributed by atoms with Crippen LogP contribution in [0.25, 0.3) is 15.9 Å². The summed E-state index contributed by atoms with van der Waals surface area (Å²) in [4.78, 5) is 20.1. The molecule has 0 N–H and O–H groups in total. The zero-order chi connectivity index (χ0) is 20.1. The first-order valence-electron chi connectivity index (χ1n) is 8.76. The lowest BCUT2D eigenvalue weighted by atomic mass is 10.3.